The maximum atomic E-state index is 13.1. The molecule has 1 aliphatic heterocycles. The monoisotopic (exact) mass is 458 g/mol. The van der Waals surface area contributed by atoms with Crippen LogP contribution in [0.1, 0.15) is 10.4 Å². The normalized spacial score (nSPS) is 14.7. The van der Waals surface area contributed by atoms with Crippen molar-refractivity contribution < 1.29 is 9.72 Å². The fourth-order valence-corrected chi connectivity index (χ4v) is 4.14. The number of hydrogen-bond acceptors (Lipinski definition) is 6. The Morgan fingerprint density at radius 3 is 2.28 bits per heavy atom. The molecule has 0 atom stereocenters. The van der Waals surface area contributed by atoms with Crippen LogP contribution in [0.5, 0.6) is 0 Å². The Morgan fingerprint density at radius 2 is 1.66 bits per heavy atom. The standard InChI is InChI=1S/C21H23ClN6O4/c1-24-6-8-27(9-7-24)17-12-19-18(25(2)21(30)26(19)3)11-16(17)23-20(29)14-10-13(28(31)32)4-5-15(14)22/h4-5,10-12H,6-9H2,1-3H3,(H,23,29). The smallest absolute Gasteiger partial charge is 0.328 e. The van der Waals surface area contributed by atoms with Crippen LogP contribution in [0.15, 0.2) is 35.1 Å². The van der Waals surface area contributed by atoms with Crippen LogP contribution in [0.2, 0.25) is 5.02 Å². The zero-order valence-electron chi connectivity index (χ0n) is 18.0. The molecule has 10 nitrogen and oxygen atoms in total. The minimum absolute atomic E-state index is 0.00671. The van der Waals surface area contributed by atoms with Gasteiger partial charge in [-0.2, -0.15) is 0 Å². The number of halogens is 1. The number of anilines is 2. The van der Waals surface area contributed by atoms with Gasteiger partial charge in [-0.3, -0.25) is 24.0 Å². The predicted octanol–water partition coefficient (Wildman–Crippen LogP) is 2.44. The highest BCUT2D eigenvalue weighted by Crippen LogP contribution is 2.33. The number of aryl methyl sites for hydroxylation is 2. The van der Waals surface area contributed by atoms with Crippen molar-refractivity contribution in [3.63, 3.8) is 0 Å². The van der Waals surface area contributed by atoms with Gasteiger partial charge in [0, 0.05) is 52.4 Å². The van der Waals surface area contributed by atoms with E-state index in [-0.39, 0.29) is 22.0 Å². The van der Waals surface area contributed by atoms with Crippen molar-refractivity contribution in [1.82, 2.24) is 14.0 Å². The molecule has 0 bridgehead atoms. The molecule has 168 valence electrons. The van der Waals surface area contributed by atoms with Crippen LogP contribution in [0.4, 0.5) is 17.1 Å². The van der Waals surface area contributed by atoms with Gasteiger partial charge in [0.1, 0.15) is 0 Å². The maximum absolute atomic E-state index is 13.1. The molecule has 4 rings (SSSR count). The summed E-state index contributed by atoms with van der Waals surface area (Å²) in [5.74, 6) is -0.561. The summed E-state index contributed by atoms with van der Waals surface area (Å²) in [6.45, 7) is 3.22. The average Bonchev–Trinajstić information content (AvgIpc) is 2.97. The van der Waals surface area contributed by atoms with E-state index in [0.29, 0.717) is 11.2 Å². The predicted molar refractivity (Wildman–Crippen MR) is 124 cm³/mol. The minimum atomic E-state index is -0.575. The van der Waals surface area contributed by atoms with Gasteiger partial charge in [0.05, 0.1) is 37.9 Å². The molecule has 0 aliphatic carbocycles. The first-order valence-electron chi connectivity index (χ1n) is 10.1. The van der Waals surface area contributed by atoms with Crippen LogP contribution >= 0.6 is 11.6 Å². The van der Waals surface area contributed by atoms with E-state index in [1.807, 2.05) is 6.07 Å². The van der Waals surface area contributed by atoms with E-state index in [1.165, 1.54) is 16.7 Å². The number of fused-ring (bicyclic) bond motifs is 1. The number of non-ortho nitro benzene ring substituents is 1. The third-order valence-corrected chi connectivity index (χ3v) is 6.22. The summed E-state index contributed by atoms with van der Waals surface area (Å²) in [6.07, 6.45) is 0. The summed E-state index contributed by atoms with van der Waals surface area (Å²) in [5.41, 5.74) is 2.31. The number of nitro groups is 1. The number of aromatic nitrogens is 2. The average molecular weight is 459 g/mol. The molecular formula is C21H23ClN6O4. The molecule has 3 aromatic rings. The van der Waals surface area contributed by atoms with E-state index in [2.05, 4.69) is 22.2 Å². The number of amides is 1. The molecule has 11 heteroatoms. The second-order valence-corrected chi connectivity index (χ2v) is 8.33. The van der Waals surface area contributed by atoms with Gasteiger partial charge in [-0.05, 0) is 25.2 Å². The fourth-order valence-electron chi connectivity index (χ4n) is 3.93. The van der Waals surface area contributed by atoms with Crippen molar-refractivity contribution in [3.8, 4) is 0 Å². The molecule has 0 spiro atoms. The topological polar surface area (TPSA) is 106 Å². The van der Waals surface area contributed by atoms with Gasteiger partial charge in [0.15, 0.2) is 0 Å². The zero-order valence-corrected chi connectivity index (χ0v) is 18.7. The Labute approximate surface area is 188 Å². The summed E-state index contributed by atoms with van der Waals surface area (Å²) in [7, 11) is 5.43. The van der Waals surface area contributed by atoms with Crippen molar-refractivity contribution in [3.05, 3.63) is 61.5 Å². The third-order valence-electron chi connectivity index (χ3n) is 5.89. The molecule has 0 saturated carbocycles. The number of hydrogen-bond donors (Lipinski definition) is 1. The number of nitro benzene ring substituents is 1. The summed E-state index contributed by atoms with van der Waals surface area (Å²) in [6, 6.07) is 7.39. The number of piperazine rings is 1. The molecule has 0 unspecified atom stereocenters. The third kappa shape index (κ3) is 3.82. The van der Waals surface area contributed by atoms with Gasteiger partial charge >= 0.3 is 5.69 Å². The van der Waals surface area contributed by atoms with Crippen LogP contribution in [0, 0.1) is 10.1 Å². The second kappa shape index (κ2) is 8.29. The SMILES string of the molecule is CN1CCN(c2cc3c(cc2NC(=O)c2cc([N+](=O)[O-])ccc2Cl)n(C)c(=O)n3C)CC1. The highest BCUT2D eigenvalue weighted by atomic mass is 35.5. The largest absolute Gasteiger partial charge is 0.367 e. The van der Waals surface area contributed by atoms with Crippen molar-refractivity contribution in [2.45, 2.75) is 0 Å². The van der Waals surface area contributed by atoms with Crippen LogP contribution in [0.3, 0.4) is 0 Å². The van der Waals surface area contributed by atoms with Gasteiger partial charge < -0.3 is 15.1 Å². The van der Waals surface area contributed by atoms with Crippen molar-refractivity contribution >= 4 is 45.6 Å². The quantitative estimate of drug-likeness (QED) is 0.475. The Hall–Kier alpha value is -3.37. The number of nitrogens with one attached hydrogen (secondary N) is 1. The fraction of sp³-hybridized carbons (Fsp3) is 0.333. The van der Waals surface area contributed by atoms with Gasteiger partial charge in [-0.25, -0.2) is 4.79 Å². The molecule has 1 N–H and O–H groups in total. The lowest BCUT2D eigenvalue weighted by molar-refractivity contribution is -0.384. The number of carbonyl (C=O) groups excluding carboxylic acids is 1. The molecule has 0 radical (unpaired) electrons. The van der Waals surface area contributed by atoms with Crippen molar-refractivity contribution in [2.75, 3.05) is 43.4 Å². The Balaban J connectivity index is 1.80. The number of carbonyl (C=O) groups is 1. The first kappa shape index (κ1) is 21.8. The maximum Gasteiger partial charge on any atom is 0.328 e. The first-order chi connectivity index (χ1) is 15.2. The highest BCUT2D eigenvalue weighted by Gasteiger charge is 2.23. The van der Waals surface area contributed by atoms with Crippen molar-refractivity contribution in [2.24, 2.45) is 14.1 Å². The number of nitrogens with zero attached hydrogens (tertiary/aromatic N) is 5. The molecule has 1 saturated heterocycles. The number of rotatable bonds is 4. The van der Waals surface area contributed by atoms with Gasteiger partial charge in [-0.1, -0.05) is 11.6 Å². The lowest BCUT2D eigenvalue weighted by atomic mass is 10.1. The van der Waals surface area contributed by atoms with E-state index in [1.54, 1.807) is 24.7 Å². The summed E-state index contributed by atoms with van der Waals surface area (Å²) in [5, 5.41) is 14.1. The minimum Gasteiger partial charge on any atom is -0.367 e. The summed E-state index contributed by atoms with van der Waals surface area (Å²) in [4.78, 5) is 40.5. The number of benzene rings is 2. The highest BCUT2D eigenvalue weighted by molar-refractivity contribution is 6.34. The summed E-state index contributed by atoms with van der Waals surface area (Å²) >= 11 is 6.16. The molecule has 1 aliphatic rings. The van der Waals surface area contributed by atoms with E-state index < -0.39 is 10.8 Å². The van der Waals surface area contributed by atoms with Gasteiger partial charge in [-0.15, -0.1) is 0 Å². The summed E-state index contributed by atoms with van der Waals surface area (Å²) < 4.78 is 3.08. The molecular weight excluding hydrogens is 436 g/mol. The van der Waals surface area contributed by atoms with Crippen LogP contribution in [0.25, 0.3) is 11.0 Å². The Kier molecular flexibility index (Phi) is 5.66. The van der Waals surface area contributed by atoms with Gasteiger partial charge in [0.25, 0.3) is 11.6 Å². The van der Waals surface area contributed by atoms with E-state index in [4.69, 9.17) is 11.6 Å². The van der Waals surface area contributed by atoms with Crippen LogP contribution in [-0.4, -0.2) is 58.1 Å². The van der Waals surface area contributed by atoms with Crippen LogP contribution in [-0.2, 0) is 14.1 Å². The Morgan fingerprint density at radius 1 is 1.03 bits per heavy atom. The molecule has 1 amide bonds. The lowest BCUT2D eigenvalue weighted by Crippen LogP contribution is -2.44. The number of imidazole rings is 1. The molecule has 1 aromatic heterocycles. The van der Waals surface area contributed by atoms with E-state index in [9.17, 15) is 19.7 Å². The first-order valence-corrected chi connectivity index (χ1v) is 10.4. The molecule has 2 aromatic carbocycles. The molecule has 32 heavy (non-hydrogen) atoms. The second-order valence-electron chi connectivity index (χ2n) is 7.92. The molecule has 1 fully saturated rings. The van der Waals surface area contributed by atoms with Crippen molar-refractivity contribution in [1.29, 1.82) is 0 Å². The Bertz CT molecular complexity index is 1290. The van der Waals surface area contributed by atoms with E-state index in [0.717, 1.165) is 43.4 Å². The van der Waals surface area contributed by atoms with Gasteiger partial charge in [0.2, 0.25) is 0 Å². The number of likely N-dealkylation sites (N-methyl/N-ethyl adjacent to an activating group) is 1. The molecule has 2 heterocycles. The van der Waals surface area contributed by atoms with Crippen LogP contribution < -0.4 is 15.9 Å². The zero-order chi connectivity index (χ0) is 23.2. The van der Waals surface area contributed by atoms with E-state index >= 15 is 0 Å². The lowest BCUT2D eigenvalue weighted by Gasteiger charge is -2.35.